The number of benzene rings is 1. The second-order valence-corrected chi connectivity index (χ2v) is 5.45. The summed E-state index contributed by atoms with van der Waals surface area (Å²) >= 11 is 0. The molecule has 0 bridgehead atoms. The molecule has 0 radical (unpaired) electrons. The lowest BCUT2D eigenvalue weighted by Crippen LogP contribution is -2.31. The molecule has 0 saturated heterocycles. The van der Waals surface area contributed by atoms with E-state index in [1.165, 1.54) is 0 Å². The molecule has 1 aromatic carbocycles. The molecule has 0 heterocycles. The molecule has 17 heavy (non-hydrogen) atoms. The molecule has 0 atom stereocenters. The predicted octanol–water partition coefficient (Wildman–Crippen LogP) is -0.211. The minimum Gasteiger partial charge on any atom is -0.423 e. The fourth-order valence-electron chi connectivity index (χ4n) is 1.15. The molecule has 94 valence electrons. The highest BCUT2D eigenvalue weighted by Crippen LogP contribution is 2.30. The topological polar surface area (TPSA) is 74.6 Å². The summed E-state index contributed by atoms with van der Waals surface area (Å²) in [6, 6.07) is 1.72. The first-order valence-corrected chi connectivity index (χ1v) is 6.19. The van der Waals surface area contributed by atoms with Gasteiger partial charge in [-0.15, -0.1) is 0 Å². The highest BCUT2D eigenvalue weighted by atomic mass is 32.2. The molecule has 1 rings (SSSR count). The molecule has 2 N–H and O–H groups in total. The number of hydrogen-bond acceptors (Lipinski definition) is 4. The summed E-state index contributed by atoms with van der Waals surface area (Å²) in [5, 5.41) is 17.6. The van der Waals surface area contributed by atoms with Crippen LogP contribution in [0.2, 0.25) is 0 Å². The minimum atomic E-state index is -4.76. The van der Waals surface area contributed by atoms with Gasteiger partial charge in [-0.2, -0.15) is 13.2 Å². The monoisotopic (exact) mass is 268 g/mol. The van der Waals surface area contributed by atoms with Gasteiger partial charge in [0.05, 0.1) is 10.5 Å². The van der Waals surface area contributed by atoms with Crippen LogP contribution in [0.5, 0.6) is 0 Å². The third-order valence-electron chi connectivity index (χ3n) is 1.98. The number of sulfone groups is 1. The van der Waals surface area contributed by atoms with Gasteiger partial charge >= 0.3 is 13.3 Å². The zero-order chi connectivity index (χ0) is 13.4. The Morgan fingerprint density at radius 3 is 2.06 bits per heavy atom. The molecule has 1 aromatic rings. The maximum absolute atomic E-state index is 12.4. The van der Waals surface area contributed by atoms with Crippen molar-refractivity contribution in [2.45, 2.75) is 11.1 Å². The zero-order valence-electron chi connectivity index (χ0n) is 8.56. The van der Waals surface area contributed by atoms with Gasteiger partial charge in [0.25, 0.3) is 0 Å². The first kappa shape index (κ1) is 14.0. The van der Waals surface area contributed by atoms with Crippen LogP contribution in [0.4, 0.5) is 13.2 Å². The van der Waals surface area contributed by atoms with Crippen LogP contribution >= 0.6 is 0 Å². The molecule has 0 amide bonds. The third kappa shape index (κ3) is 3.45. The van der Waals surface area contributed by atoms with Crippen LogP contribution < -0.4 is 5.46 Å². The second kappa shape index (κ2) is 4.32. The molecule has 0 spiro atoms. The van der Waals surface area contributed by atoms with Gasteiger partial charge in [-0.3, -0.25) is 0 Å². The van der Waals surface area contributed by atoms with Crippen LogP contribution in [-0.2, 0) is 16.0 Å². The van der Waals surface area contributed by atoms with Crippen LogP contribution in [-0.4, -0.2) is 31.8 Å². The quantitative estimate of drug-likeness (QED) is 0.728. The van der Waals surface area contributed by atoms with Crippen LogP contribution in [0.1, 0.15) is 5.56 Å². The molecular formula is C8H8BF3O4S. The summed E-state index contributed by atoms with van der Waals surface area (Å²) in [5.74, 6) is 0. The van der Waals surface area contributed by atoms with E-state index in [1.807, 2.05) is 0 Å². The van der Waals surface area contributed by atoms with Crippen LogP contribution in [0.3, 0.4) is 0 Å². The Balaban J connectivity index is 3.51. The van der Waals surface area contributed by atoms with Crippen LogP contribution in [0.25, 0.3) is 0 Å². The average molecular weight is 268 g/mol. The van der Waals surface area contributed by atoms with Crippen molar-refractivity contribution in [3.05, 3.63) is 23.8 Å². The standard InChI is InChI=1S/C8H8BF3O4S/c1-17(15,16)7-3-5(8(10,11)12)2-6(4-7)9(13)14/h2-4,13-14H,1H3. The maximum Gasteiger partial charge on any atom is 0.488 e. The van der Waals surface area contributed by atoms with Crippen molar-refractivity contribution in [3.63, 3.8) is 0 Å². The number of hydrogen-bond donors (Lipinski definition) is 2. The molecule has 4 nitrogen and oxygen atoms in total. The molecule has 9 heteroatoms. The summed E-state index contributed by atoms with van der Waals surface area (Å²) in [7, 11) is -6.03. The second-order valence-electron chi connectivity index (χ2n) is 3.43. The molecule has 0 aliphatic carbocycles. The number of rotatable bonds is 2. The Morgan fingerprint density at radius 2 is 1.71 bits per heavy atom. The fraction of sp³-hybridized carbons (Fsp3) is 0.250. The lowest BCUT2D eigenvalue weighted by Gasteiger charge is -2.11. The van der Waals surface area contributed by atoms with E-state index in [9.17, 15) is 21.6 Å². The normalized spacial score (nSPS) is 12.6. The summed E-state index contributed by atoms with van der Waals surface area (Å²) in [6.45, 7) is 0. The Bertz CT molecular complexity index is 524. The molecule has 0 aliphatic heterocycles. The molecule has 0 aliphatic rings. The van der Waals surface area contributed by atoms with Crippen LogP contribution in [0, 0.1) is 0 Å². The SMILES string of the molecule is CS(=O)(=O)c1cc(B(O)O)cc(C(F)(F)F)c1. The smallest absolute Gasteiger partial charge is 0.423 e. The van der Waals surface area contributed by atoms with Gasteiger partial charge in [0, 0.05) is 6.26 Å². The van der Waals surface area contributed by atoms with Crippen molar-refractivity contribution in [2.75, 3.05) is 6.26 Å². The minimum absolute atomic E-state index is 0.446. The third-order valence-corrected chi connectivity index (χ3v) is 3.07. The average Bonchev–Trinajstić information content (AvgIpc) is 2.14. The zero-order valence-corrected chi connectivity index (χ0v) is 9.38. The first-order chi connectivity index (χ1) is 7.51. The van der Waals surface area contributed by atoms with Crippen molar-refractivity contribution >= 4 is 22.4 Å². The number of alkyl halides is 3. The van der Waals surface area contributed by atoms with E-state index in [4.69, 9.17) is 10.0 Å². The summed E-state index contributed by atoms with van der Waals surface area (Å²) in [5.41, 5.74) is -1.77. The Labute approximate surface area is 95.8 Å². The largest absolute Gasteiger partial charge is 0.488 e. The van der Waals surface area contributed by atoms with E-state index >= 15 is 0 Å². The molecule has 0 fully saturated rings. The molecular weight excluding hydrogens is 260 g/mol. The van der Waals surface area contributed by atoms with Gasteiger partial charge < -0.3 is 10.0 Å². The van der Waals surface area contributed by atoms with Crippen molar-refractivity contribution in [2.24, 2.45) is 0 Å². The van der Waals surface area contributed by atoms with E-state index in [-0.39, 0.29) is 0 Å². The lowest BCUT2D eigenvalue weighted by atomic mass is 9.79. The first-order valence-electron chi connectivity index (χ1n) is 4.30. The predicted molar refractivity (Wildman–Crippen MR) is 54.4 cm³/mol. The van der Waals surface area contributed by atoms with Gasteiger partial charge in [0.2, 0.25) is 0 Å². The summed E-state index contributed by atoms with van der Waals surface area (Å²) < 4.78 is 59.6. The Hall–Kier alpha value is -1.06. The van der Waals surface area contributed by atoms with Gasteiger partial charge in [0.1, 0.15) is 0 Å². The van der Waals surface area contributed by atoms with E-state index < -0.39 is 39.1 Å². The summed E-state index contributed by atoms with van der Waals surface area (Å²) in [4.78, 5) is -0.615. The maximum atomic E-state index is 12.4. The molecule has 0 saturated carbocycles. The van der Waals surface area contributed by atoms with E-state index in [0.717, 1.165) is 12.3 Å². The highest BCUT2D eigenvalue weighted by Gasteiger charge is 2.33. The molecule has 0 aromatic heterocycles. The van der Waals surface area contributed by atoms with Crippen LogP contribution in [0.15, 0.2) is 23.1 Å². The lowest BCUT2D eigenvalue weighted by molar-refractivity contribution is -0.137. The van der Waals surface area contributed by atoms with Gasteiger partial charge in [-0.1, -0.05) is 6.07 Å². The van der Waals surface area contributed by atoms with E-state index in [0.29, 0.717) is 12.1 Å². The van der Waals surface area contributed by atoms with Gasteiger partial charge in [-0.25, -0.2) is 8.42 Å². The van der Waals surface area contributed by atoms with E-state index in [1.54, 1.807) is 0 Å². The summed E-state index contributed by atoms with van der Waals surface area (Å²) in [6.07, 6.45) is -4.03. The van der Waals surface area contributed by atoms with Gasteiger partial charge in [-0.05, 0) is 17.6 Å². The Kier molecular flexibility index (Phi) is 3.56. The van der Waals surface area contributed by atoms with Crippen molar-refractivity contribution in [1.29, 1.82) is 0 Å². The highest BCUT2D eigenvalue weighted by molar-refractivity contribution is 7.90. The van der Waals surface area contributed by atoms with Crippen molar-refractivity contribution < 1.29 is 31.6 Å². The van der Waals surface area contributed by atoms with Crippen molar-refractivity contribution in [3.8, 4) is 0 Å². The van der Waals surface area contributed by atoms with E-state index in [2.05, 4.69) is 0 Å². The fourth-order valence-corrected chi connectivity index (χ4v) is 1.84. The Morgan fingerprint density at radius 1 is 1.18 bits per heavy atom. The van der Waals surface area contributed by atoms with Gasteiger partial charge in [0.15, 0.2) is 9.84 Å². The number of halogens is 3. The van der Waals surface area contributed by atoms with Crippen molar-refractivity contribution in [1.82, 2.24) is 0 Å². The molecule has 0 unspecified atom stereocenters.